The number of nitrogens with two attached hydrogens (primary N) is 1. The summed E-state index contributed by atoms with van der Waals surface area (Å²) >= 11 is 1.33. The lowest BCUT2D eigenvalue weighted by Crippen LogP contribution is -2.06. The summed E-state index contributed by atoms with van der Waals surface area (Å²) in [5.74, 6) is -0.831. The van der Waals surface area contributed by atoms with Gasteiger partial charge >= 0.3 is 0 Å². The number of halogens is 2. The van der Waals surface area contributed by atoms with E-state index >= 15 is 0 Å². The van der Waals surface area contributed by atoms with Crippen LogP contribution in [0.3, 0.4) is 0 Å². The van der Waals surface area contributed by atoms with Crippen molar-refractivity contribution in [2.24, 2.45) is 15.9 Å². The summed E-state index contributed by atoms with van der Waals surface area (Å²) in [6, 6.07) is 11.8. The summed E-state index contributed by atoms with van der Waals surface area (Å²) in [5.41, 5.74) is 7.12. The van der Waals surface area contributed by atoms with Crippen LogP contribution in [0.4, 0.5) is 8.78 Å². The molecule has 0 aliphatic carbocycles. The smallest absolute Gasteiger partial charge is 0.180 e. The van der Waals surface area contributed by atoms with Crippen molar-refractivity contribution in [1.29, 1.82) is 0 Å². The summed E-state index contributed by atoms with van der Waals surface area (Å²) in [5, 5.41) is 7.98. The second-order valence-corrected chi connectivity index (χ2v) is 6.81. The van der Waals surface area contributed by atoms with Crippen molar-refractivity contribution in [1.82, 2.24) is 0 Å². The molecule has 0 saturated carbocycles. The van der Waals surface area contributed by atoms with E-state index in [-0.39, 0.29) is 16.5 Å². The molecular formula is C20H23F2N3OS. The van der Waals surface area contributed by atoms with Gasteiger partial charge in [-0.2, -0.15) is 5.10 Å². The normalized spacial score (nSPS) is 11.9. The standard InChI is InChI=1S/C20H23F2N3OS/c1-2-3-7-10-26-19-16(11-17(21)12-18(19)22)13-24-25-20(23)27-14-15-8-5-4-6-9-15/h4-6,8-9,11-13H,2-3,7,10,14H2,1H3,(H2,23,25). The molecular weight excluding hydrogens is 368 g/mol. The van der Waals surface area contributed by atoms with Crippen LogP contribution in [-0.4, -0.2) is 18.0 Å². The van der Waals surface area contributed by atoms with Crippen LogP contribution in [0, 0.1) is 11.6 Å². The van der Waals surface area contributed by atoms with Gasteiger partial charge in [0.2, 0.25) is 0 Å². The third-order valence-electron chi connectivity index (χ3n) is 3.61. The Morgan fingerprint density at radius 3 is 2.70 bits per heavy atom. The Hall–Kier alpha value is -2.41. The largest absolute Gasteiger partial charge is 0.490 e. The van der Waals surface area contributed by atoms with E-state index in [1.165, 1.54) is 18.0 Å². The summed E-state index contributed by atoms with van der Waals surface area (Å²) in [6.45, 7) is 2.42. The van der Waals surface area contributed by atoms with Gasteiger partial charge in [-0.25, -0.2) is 8.78 Å². The lowest BCUT2D eigenvalue weighted by Gasteiger charge is -2.10. The van der Waals surface area contributed by atoms with Crippen molar-refractivity contribution in [3.8, 4) is 5.75 Å². The van der Waals surface area contributed by atoms with Crippen molar-refractivity contribution < 1.29 is 13.5 Å². The molecule has 2 aromatic carbocycles. The molecule has 0 atom stereocenters. The average molecular weight is 391 g/mol. The summed E-state index contributed by atoms with van der Waals surface area (Å²) in [6.07, 6.45) is 4.05. The van der Waals surface area contributed by atoms with Crippen LogP contribution in [0.1, 0.15) is 37.3 Å². The number of thioether (sulfide) groups is 1. The minimum absolute atomic E-state index is 0.0260. The van der Waals surface area contributed by atoms with Gasteiger partial charge < -0.3 is 10.5 Å². The molecule has 0 fully saturated rings. The predicted molar refractivity (Wildman–Crippen MR) is 108 cm³/mol. The number of ether oxygens (including phenoxy) is 1. The van der Waals surface area contributed by atoms with Gasteiger partial charge in [0, 0.05) is 17.4 Å². The van der Waals surface area contributed by atoms with E-state index in [1.807, 2.05) is 30.3 Å². The number of unbranched alkanes of at least 4 members (excludes halogenated alkanes) is 2. The van der Waals surface area contributed by atoms with E-state index in [4.69, 9.17) is 10.5 Å². The number of hydrogen-bond donors (Lipinski definition) is 1. The average Bonchev–Trinajstić information content (AvgIpc) is 2.66. The Bertz CT molecular complexity index is 782. The molecule has 0 bridgehead atoms. The van der Waals surface area contributed by atoms with Gasteiger partial charge in [-0.3, -0.25) is 0 Å². The molecule has 144 valence electrons. The van der Waals surface area contributed by atoms with Gasteiger partial charge in [0.15, 0.2) is 16.7 Å². The maximum atomic E-state index is 14.0. The third-order valence-corrected chi connectivity index (χ3v) is 4.47. The van der Waals surface area contributed by atoms with E-state index < -0.39 is 11.6 Å². The lowest BCUT2D eigenvalue weighted by atomic mass is 10.2. The highest BCUT2D eigenvalue weighted by atomic mass is 32.2. The first kappa shape index (κ1) is 20.9. The quantitative estimate of drug-likeness (QED) is 0.279. The zero-order valence-electron chi connectivity index (χ0n) is 15.2. The molecule has 2 rings (SSSR count). The Morgan fingerprint density at radius 1 is 1.19 bits per heavy atom. The van der Waals surface area contributed by atoms with Gasteiger partial charge in [-0.1, -0.05) is 61.9 Å². The topological polar surface area (TPSA) is 60.0 Å². The maximum Gasteiger partial charge on any atom is 0.180 e. The van der Waals surface area contributed by atoms with Crippen LogP contribution in [0.2, 0.25) is 0 Å². The van der Waals surface area contributed by atoms with E-state index in [0.717, 1.165) is 37.0 Å². The maximum absolute atomic E-state index is 14.0. The molecule has 0 saturated heterocycles. The Kier molecular flexibility index (Phi) is 8.77. The van der Waals surface area contributed by atoms with Gasteiger partial charge in [0.05, 0.1) is 12.8 Å². The number of hydrogen-bond acceptors (Lipinski definition) is 4. The van der Waals surface area contributed by atoms with Crippen molar-refractivity contribution in [3.05, 3.63) is 65.2 Å². The molecule has 4 nitrogen and oxygen atoms in total. The molecule has 0 spiro atoms. The van der Waals surface area contributed by atoms with Crippen LogP contribution in [0.15, 0.2) is 52.7 Å². The van der Waals surface area contributed by atoms with Gasteiger partial charge in [0.1, 0.15) is 5.82 Å². The number of amidine groups is 1. The zero-order chi connectivity index (χ0) is 19.5. The van der Waals surface area contributed by atoms with Crippen molar-refractivity contribution >= 4 is 23.1 Å². The first-order valence-electron chi connectivity index (χ1n) is 8.75. The second kappa shape index (κ2) is 11.3. The van der Waals surface area contributed by atoms with E-state index in [9.17, 15) is 8.78 Å². The van der Waals surface area contributed by atoms with Crippen molar-refractivity contribution in [2.45, 2.75) is 31.9 Å². The minimum Gasteiger partial charge on any atom is -0.490 e. The summed E-state index contributed by atoms with van der Waals surface area (Å²) in [4.78, 5) is 0. The highest BCUT2D eigenvalue weighted by molar-refractivity contribution is 8.13. The van der Waals surface area contributed by atoms with Crippen LogP contribution in [0.25, 0.3) is 0 Å². The summed E-state index contributed by atoms with van der Waals surface area (Å²) in [7, 11) is 0. The van der Waals surface area contributed by atoms with Crippen molar-refractivity contribution in [2.75, 3.05) is 6.61 Å². The molecule has 0 amide bonds. The van der Waals surface area contributed by atoms with Gasteiger partial charge in [-0.15, -0.1) is 5.10 Å². The molecule has 0 aromatic heterocycles. The van der Waals surface area contributed by atoms with Crippen LogP contribution in [0.5, 0.6) is 5.75 Å². The third kappa shape index (κ3) is 7.38. The monoisotopic (exact) mass is 391 g/mol. The number of rotatable bonds is 9. The Labute approximate surface area is 162 Å². The fourth-order valence-electron chi connectivity index (χ4n) is 2.26. The van der Waals surface area contributed by atoms with Gasteiger partial charge in [0.25, 0.3) is 0 Å². The van der Waals surface area contributed by atoms with E-state index in [1.54, 1.807) is 0 Å². The molecule has 0 aliphatic heterocycles. The Morgan fingerprint density at radius 2 is 1.96 bits per heavy atom. The molecule has 0 heterocycles. The zero-order valence-corrected chi connectivity index (χ0v) is 16.0. The minimum atomic E-state index is -0.761. The molecule has 0 aliphatic rings. The van der Waals surface area contributed by atoms with Crippen LogP contribution < -0.4 is 10.5 Å². The second-order valence-electron chi connectivity index (χ2n) is 5.82. The molecule has 2 N–H and O–H groups in total. The first-order valence-corrected chi connectivity index (χ1v) is 9.73. The summed E-state index contributed by atoms with van der Waals surface area (Å²) < 4.78 is 33.0. The van der Waals surface area contributed by atoms with Gasteiger partial charge in [-0.05, 0) is 18.1 Å². The fraction of sp³-hybridized carbons (Fsp3) is 0.300. The SMILES string of the molecule is CCCCCOc1c(F)cc(F)cc1C=NN=C(N)SCc1ccccc1. The highest BCUT2D eigenvalue weighted by Crippen LogP contribution is 2.23. The molecule has 2 aromatic rings. The highest BCUT2D eigenvalue weighted by Gasteiger charge is 2.11. The molecule has 0 unspecified atom stereocenters. The van der Waals surface area contributed by atoms with E-state index in [2.05, 4.69) is 17.1 Å². The predicted octanol–water partition coefficient (Wildman–Crippen LogP) is 5.12. The fourth-order valence-corrected chi connectivity index (χ4v) is 2.87. The first-order chi connectivity index (χ1) is 13.1. The van der Waals surface area contributed by atoms with E-state index in [0.29, 0.717) is 12.4 Å². The molecule has 0 radical (unpaired) electrons. The van der Waals surface area contributed by atoms with Crippen LogP contribution in [-0.2, 0) is 5.75 Å². The Balaban J connectivity index is 2.01. The number of benzene rings is 2. The lowest BCUT2D eigenvalue weighted by molar-refractivity contribution is 0.290. The van der Waals surface area contributed by atoms with Crippen LogP contribution >= 0.6 is 11.8 Å². The van der Waals surface area contributed by atoms with Crippen molar-refractivity contribution in [3.63, 3.8) is 0 Å². The number of nitrogens with zero attached hydrogens (tertiary/aromatic N) is 2. The molecule has 7 heteroatoms. The molecule has 27 heavy (non-hydrogen) atoms.